The van der Waals surface area contributed by atoms with Crippen LogP contribution in [0.3, 0.4) is 0 Å². The first-order valence-electron chi connectivity index (χ1n) is 18.8. The molecule has 0 radical (unpaired) electrons. The lowest BCUT2D eigenvalue weighted by molar-refractivity contribution is 0.636. The summed E-state index contributed by atoms with van der Waals surface area (Å²) in [6.07, 6.45) is 0. The van der Waals surface area contributed by atoms with E-state index < -0.39 is 0 Å². The van der Waals surface area contributed by atoms with Crippen molar-refractivity contribution in [3.05, 3.63) is 188 Å². The molecule has 0 aliphatic heterocycles. The Morgan fingerprint density at radius 2 is 0.909 bits per heavy atom. The summed E-state index contributed by atoms with van der Waals surface area (Å²) in [4.78, 5) is 0. The van der Waals surface area contributed by atoms with Crippen molar-refractivity contribution in [3.8, 4) is 39.3 Å². The molecule has 0 unspecified atom stereocenters. The van der Waals surface area contributed by atoms with Crippen LogP contribution in [-0.4, -0.2) is 4.57 Å². The van der Waals surface area contributed by atoms with E-state index in [4.69, 9.17) is 8.83 Å². The highest BCUT2D eigenvalue weighted by molar-refractivity contribution is 6.26. The van der Waals surface area contributed by atoms with E-state index in [9.17, 15) is 0 Å². The molecule has 3 heterocycles. The monoisotopic (exact) mass is 701 g/mol. The number of aromatic nitrogens is 1. The van der Waals surface area contributed by atoms with Crippen molar-refractivity contribution < 1.29 is 8.83 Å². The Bertz CT molecular complexity index is 3420. The standard InChI is InChI=1S/C52H31NO2/c1-3-15-32(16-4-1)48-41-28-30-46-50(40-24-12-14-26-45(40)54-46)51(41)55-52(48)49-38-22-9-7-20-36(38)47(37-21-8-10-23-39(37)49)33-27-29-44-42(31-33)35-19-11-13-25-43(35)53(44)34-17-5-2-6-18-34/h1-31H. The molecule has 0 saturated heterocycles. The minimum atomic E-state index is 0.822. The van der Waals surface area contributed by atoms with Gasteiger partial charge in [-0.2, -0.15) is 0 Å². The lowest BCUT2D eigenvalue weighted by Crippen LogP contribution is -1.93. The third-order valence-corrected chi connectivity index (χ3v) is 11.4. The average molecular weight is 702 g/mol. The Morgan fingerprint density at radius 1 is 0.327 bits per heavy atom. The third kappa shape index (κ3) is 4.32. The summed E-state index contributed by atoms with van der Waals surface area (Å²) < 4.78 is 16.0. The summed E-state index contributed by atoms with van der Waals surface area (Å²) in [7, 11) is 0. The Hall–Kier alpha value is -7.36. The van der Waals surface area contributed by atoms with Gasteiger partial charge in [0.25, 0.3) is 0 Å². The zero-order valence-corrected chi connectivity index (χ0v) is 29.7. The fourth-order valence-corrected chi connectivity index (χ4v) is 9.10. The summed E-state index contributed by atoms with van der Waals surface area (Å²) in [5.41, 5.74) is 11.7. The zero-order valence-electron chi connectivity index (χ0n) is 29.7. The van der Waals surface area contributed by atoms with Gasteiger partial charge in [0.15, 0.2) is 0 Å². The quantitative estimate of drug-likeness (QED) is 0.171. The van der Waals surface area contributed by atoms with Crippen LogP contribution in [0.2, 0.25) is 0 Å². The number of nitrogens with zero attached hydrogens (tertiary/aromatic N) is 1. The van der Waals surface area contributed by atoms with Gasteiger partial charge in [0.2, 0.25) is 0 Å². The summed E-state index contributed by atoms with van der Waals surface area (Å²) in [5, 5.41) is 10.2. The van der Waals surface area contributed by atoms with Crippen molar-refractivity contribution in [1.29, 1.82) is 0 Å². The first-order chi connectivity index (χ1) is 27.3. The van der Waals surface area contributed by atoms with Crippen molar-refractivity contribution in [3.63, 3.8) is 0 Å². The number of furan rings is 2. The second-order valence-corrected chi connectivity index (χ2v) is 14.3. The minimum absolute atomic E-state index is 0.822. The fraction of sp³-hybridized carbons (Fsp3) is 0. The molecule has 0 fully saturated rings. The van der Waals surface area contributed by atoms with E-state index >= 15 is 0 Å². The number of para-hydroxylation sites is 3. The first-order valence-corrected chi connectivity index (χ1v) is 18.8. The molecule has 12 rings (SSSR count). The van der Waals surface area contributed by atoms with Gasteiger partial charge >= 0.3 is 0 Å². The molecule has 3 heteroatoms. The highest BCUT2D eigenvalue weighted by Crippen LogP contribution is 2.51. The first kappa shape index (κ1) is 30.1. The predicted octanol–water partition coefficient (Wildman–Crippen LogP) is 14.7. The number of hydrogen-bond acceptors (Lipinski definition) is 2. The van der Waals surface area contributed by atoms with E-state index in [1.54, 1.807) is 0 Å². The van der Waals surface area contributed by atoms with Crippen molar-refractivity contribution in [2.24, 2.45) is 0 Å². The fourth-order valence-electron chi connectivity index (χ4n) is 9.10. The van der Waals surface area contributed by atoms with Crippen molar-refractivity contribution >= 4 is 76.3 Å². The van der Waals surface area contributed by atoms with Crippen LogP contribution in [0.1, 0.15) is 0 Å². The SMILES string of the molecule is c1ccc(-c2c(-c3c4ccccc4c(-c4ccc5c(c4)c4ccccc4n5-c4ccccc4)c4ccccc34)oc3c2ccc2oc4ccccc4c23)cc1. The molecule has 55 heavy (non-hydrogen) atoms. The lowest BCUT2D eigenvalue weighted by atomic mass is 9.86. The number of benzene rings is 9. The van der Waals surface area contributed by atoms with E-state index in [-0.39, 0.29) is 0 Å². The van der Waals surface area contributed by atoms with Gasteiger partial charge in [0.1, 0.15) is 22.5 Å². The second kappa shape index (κ2) is 11.6. The average Bonchev–Trinajstić information content (AvgIpc) is 3.93. The largest absolute Gasteiger partial charge is 0.456 e. The third-order valence-electron chi connectivity index (χ3n) is 11.4. The number of fused-ring (bicyclic) bond motifs is 10. The minimum Gasteiger partial charge on any atom is -0.456 e. The Balaban J connectivity index is 1.19. The Labute approximate surface area is 315 Å². The highest BCUT2D eigenvalue weighted by Gasteiger charge is 2.26. The van der Waals surface area contributed by atoms with Gasteiger partial charge < -0.3 is 13.4 Å². The van der Waals surface area contributed by atoms with Crippen LogP contribution in [0.15, 0.2) is 197 Å². The van der Waals surface area contributed by atoms with Gasteiger partial charge in [0, 0.05) is 38.4 Å². The van der Waals surface area contributed by atoms with E-state index in [1.165, 1.54) is 43.7 Å². The second-order valence-electron chi connectivity index (χ2n) is 14.3. The summed E-state index contributed by atoms with van der Waals surface area (Å²) >= 11 is 0. The van der Waals surface area contributed by atoms with Gasteiger partial charge in [-0.1, -0.05) is 140 Å². The van der Waals surface area contributed by atoms with Gasteiger partial charge in [-0.3, -0.25) is 0 Å². The van der Waals surface area contributed by atoms with Crippen LogP contribution in [0.4, 0.5) is 0 Å². The molecule has 0 spiro atoms. The number of hydrogen-bond donors (Lipinski definition) is 0. The molecular formula is C52H31NO2. The molecule has 0 bridgehead atoms. The molecule has 0 saturated carbocycles. The van der Waals surface area contributed by atoms with Crippen molar-refractivity contribution in [2.45, 2.75) is 0 Å². The molecular weight excluding hydrogens is 671 g/mol. The summed E-state index contributed by atoms with van der Waals surface area (Å²) in [6.45, 7) is 0. The molecule has 3 nitrogen and oxygen atoms in total. The van der Waals surface area contributed by atoms with Gasteiger partial charge in [0.05, 0.1) is 16.4 Å². The molecule has 0 aliphatic carbocycles. The van der Waals surface area contributed by atoms with Gasteiger partial charge in [-0.15, -0.1) is 0 Å². The predicted molar refractivity (Wildman–Crippen MR) is 229 cm³/mol. The smallest absolute Gasteiger partial charge is 0.147 e. The van der Waals surface area contributed by atoms with Crippen LogP contribution in [0.5, 0.6) is 0 Å². The molecule has 9 aromatic carbocycles. The topological polar surface area (TPSA) is 31.2 Å². The summed E-state index contributed by atoms with van der Waals surface area (Å²) in [5.74, 6) is 0.860. The van der Waals surface area contributed by atoms with Crippen LogP contribution in [0, 0.1) is 0 Å². The molecule has 0 atom stereocenters. The molecule has 0 N–H and O–H groups in total. The molecule has 256 valence electrons. The van der Waals surface area contributed by atoms with Crippen molar-refractivity contribution in [2.75, 3.05) is 0 Å². The van der Waals surface area contributed by atoms with Crippen LogP contribution in [-0.2, 0) is 0 Å². The van der Waals surface area contributed by atoms with E-state index in [0.29, 0.717) is 0 Å². The Kier molecular flexibility index (Phi) is 6.34. The maximum Gasteiger partial charge on any atom is 0.147 e. The van der Waals surface area contributed by atoms with Crippen molar-refractivity contribution in [1.82, 2.24) is 4.57 Å². The molecule has 0 aliphatic rings. The number of rotatable bonds is 4. The van der Waals surface area contributed by atoms with E-state index in [2.05, 4.69) is 180 Å². The van der Waals surface area contributed by atoms with Gasteiger partial charge in [-0.25, -0.2) is 0 Å². The molecule has 3 aromatic heterocycles. The maximum absolute atomic E-state index is 7.27. The van der Waals surface area contributed by atoms with Crippen LogP contribution in [0.25, 0.3) is 116 Å². The maximum atomic E-state index is 7.27. The van der Waals surface area contributed by atoms with Crippen LogP contribution < -0.4 is 0 Å². The highest BCUT2D eigenvalue weighted by atomic mass is 16.3. The lowest BCUT2D eigenvalue weighted by Gasteiger charge is -2.17. The van der Waals surface area contributed by atoms with E-state index in [1.807, 2.05) is 12.1 Å². The zero-order chi connectivity index (χ0) is 36.0. The molecule has 12 aromatic rings. The Morgan fingerprint density at radius 3 is 1.64 bits per heavy atom. The molecule has 0 amide bonds. The van der Waals surface area contributed by atoms with Gasteiger partial charge in [-0.05, 0) is 86.8 Å². The normalized spacial score (nSPS) is 12.0. The summed E-state index contributed by atoms with van der Waals surface area (Å²) in [6, 6.07) is 67.2. The van der Waals surface area contributed by atoms with Crippen LogP contribution >= 0.6 is 0 Å². The van der Waals surface area contributed by atoms with E-state index in [0.717, 1.165) is 71.8 Å².